The number of carbonyl (C=O) groups excluding carboxylic acids is 1. The van der Waals surface area contributed by atoms with Crippen molar-refractivity contribution in [1.29, 1.82) is 0 Å². The highest BCUT2D eigenvalue weighted by Crippen LogP contribution is 2.36. The van der Waals surface area contributed by atoms with Crippen molar-refractivity contribution in [2.24, 2.45) is 4.99 Å². The van der Waals surface area contributed by atoms with Gasteiger partial charge in [0.2, 0.25) is 0 Å². The number of halogens is 2. The molecular formula is C17H11ClIN3O5S. The van der Waals surface area contributed by atoms with Gasteiger partial charge in [-0.15, -0.1) is 0 Å². The molecule has 0 bridgehead atoms. The van der Waals surface area contributed by atoms with Crippen LogP contribution in [0.1, 0.15) is 5.56 Å². The lowest BCUT2D eigenvalue weighted by Crippen LogP contribution is -2.19. The van der Waals surface area contributed by atoms with E-state index in [1.165, 1.54) is 25.3 Å². The van der Waals surface area contributed by atoms with Gasteiger partial charge in [-0.05, 0) is 70.3 Å². The van der Waals surface area contributed by atoms with Crippen LogP contribution in [0.3, 0.4) is 0 Å². The average molecular weight is 532 g/mol. The minimum Gasteiger partial charge on any atom is -0.504 e. The Balaban J connectivity index is 1.93. The van der Waals surface area contributed by atoms with Gasteiger partial charge in [0.25, 0.3) is 11.6 Å². The van der Waals surface area contributed by atoms with E-state index in [0.29, 0.717) is 14.0 Å². The molecule has 3 rings (SSSR count). The van der Waals surface area contributed by atoms with E-state index in [9.17, 15) is 20.0 Å². The molecule has 1 aliphatic heterocycles. The lowest BCUT2D eigenvalue weighted by Gasteiger charge is -2.06. The molecule has 0 aromatic heterocycles. The zero-order valence-corrected chi connectivity index (χ0v) is 17.8. The number of hydrogen-bond donors (Lipinski definition) is 2. The van der Waals surface area contributed by atoms with Crippen molar-refractivity contribution in [3.63, 3.8) is 0 Å². The Hall–Kier alpha value is -2.31. The van der Waals surface area contributed by atoms with E-state index >= 15 is 0 Å². The first-order valence-electron chi connectivity index (χ1n) is 7.58. The van der Waals surface area contributed by atoms with Crippen LogP contribution in [0.4, 0.5) is 11.4 Å². The second kappa shape index (κ2) is 8.37. The summed E-state index contributed by atoms with van der Waals surface area (Å²) in [5.41, 5.74) is 0.472. The van der Waals surface area contributed by atoms with Crippen LogP contribution in [0, 0.1) is 13.7 Å². The number of methoxy groups -OCH3 is 1. The van der Waals surface area contributed by atoms with Gasteiger partial charge in [-0.25, -0.2) is 4.99 Å². The number of nitro groups is 1. The summed E-state index contributed by atoms with van der Waals surface area (Å²) < 4.78 is 5.68. The zero-order chi connectivity index (χ0) is 20.4. The van der Waals surface area contributed by atoms with Crippen LogP contribution in [0.25, 0.3) is 6.08 Å². The van der Waals surface area contributed by atoms with E-state index in [2.05, 4.69) is 10.3 Å². The molecule has 28 heavy (non-hydrogen) atoms. The molecular weight excluding hydrogens is 521 g/mol. The second-order valence-corrected chi connectivity index (χ2v) is 8.05. The summed E-state index contributed by atoms with van der Waals surface area (Å²) in [4.78, 5) is 27.3. The van der Waals surface area contributed by atoms with Gasteiger partial charge in [-0.3, -0.25) is 14.9 Å². The summed E-state index contributed by atoms with van der Waals surface area (Å²) in [6, 6.07) is 7.38. The number of nitrogens with zero attached hydrogens (tertiary/aromatic N) is 2. The minimum absolute atomic E-state index is 0.0195. The number of phenolic OH excluding ortho intramolecular Hbond substituents is 1. The maximum Gasteiger partial charge on any atom is 0.296 e. The number of amidine groups is 1. The number of ether oxygens (including phenoxy) is 1. The third kappa shape index (κ3) is 4.39. The number of aromatic hydroxyl groups is 1. The average Bonchev–Trinajstić information content (AvgIpc) is 2.98. The van der Waals surface area contributed by atoms with E-state index in [-0.39, 0.29) is 39.0 Å². The normalized spacial score (nSPS) is 16.5. The molecule has 1 fully saturated rings. The number of aliphatic imine (C=N–C) groups is 1. The van der Waals surface area contributed by atoms with Crippen LogP contribution in [-0.2, 0) is 4.79 Å². The van der Waals surface area contributed by atoms with Gasteiger partial charge in [0, 0.05) is 11.1 Å². The summed E-state index contributed by atoms with van der Waals surface area (Å²) in [7, 11) is 1.43. The van der Waals surface area contributed by atoms with Gasteiger partial charge in [-0.2, -0.15) is 0 Å². The molecule has 0 aliphatic carbocycles. The molecule has 11 heteroatoms. The van der Waals surface area contributed by atoms with E-state index in [0.717, 1.165) is 11.8 Å². The Labute approximate surface area is 181 Å². The van der Waals surface area contributed by atoms with Gasteiger partial charge in [-0.1, -0.05) is 11.6 Å². The van der Waals surface area contributed by atoms with Crippen LogP contribution in [-0.4, -0.2) is 28.2 Å². The lowest BCUT2D eigenvalue weighted by molar-refractivity contribution is -0.384. The van der Waals surface area contributed by atoms with Gasteiger partial charge < -0.3 is 15.2 Å². The van der Waals surface area contributed by atoms with Gasteiger partial charge >= 0.3 is 0 Å². The van der Waals surface area contributed by atoms with Crippen LogP contribution < -0.4 is 10.1 Å². The highest BCUT2D eigenvalue weighted by atomic mass is 127. The quantitative estimate of drug-likeness (QED) is 0.261. The van der Waals surface area contributed by atoms with E-state index in [1.807, 2.05) is 22.6 Å². The monoisotopic (exact) mass is 531 g/mol. The molecule has 1 saturated heterocycles. The molecule has 2 aromatic rings. The third-order valence-corrected chi connectivity index (χ3v) is 5.54. The number of rotatable bonds is 4. The van der Waals surface area contributed by atoms with Crippen LogP contribution in [0.2, 0.25) is 5.02 Å². The number of benzene rings is 2. The van der Waals surface area contributed by atoms with Crippen LogP contribution >= 0.6 is 46.0 Å². The van der Waals surface area contributed by atoms with Crippen molar-refractivity contribution in [3.05, 3.63) is 59.5 Å². The van der Waals surface area contributed by atoms with Crippen molar-refractivity contribution in [2.45, 2.75) is 0 Å². The first-order chi connectivity index (χ1) is 13.3. The smallest absolute Gasteiger partial charge is 0.296 e. The number of phenols is 1. The minimum atomic E-state index is -0.589. The molecule has 2 aromatic carbocycles. The summed E-state index contributed by atoms with van der Waals surface area (Å²) in [6.45, 7) is 0. The van der Waals surface area contributed by atoms with Gasteiger partial charge in [0.05, 0.1) is 20.5 Å². The SMILES string of the molecule is COc1cc(/C=C2/SC(=Nc3ccc(Cl)cc3[N+](=O)[O-])NC2=O)cc(I)c1O. The summed E-state index contributed by atoms with van der Waals surface area (Å²) >= 11 is 8.80. The summed E-state index contributed by atoms with van der Waals surface area (Å²) in [6.07, 6.45) is 1.61. The first kappa shape index (κ1) is 20.4. The number of nitro benzene ring substituents is 1. The molecule has 1 heterocycles. The highest BCUT2D eigenvalue weighted by Gasteiger charge is 2.25. The molecule has 0 saturated carbocycles. The number of nitrogens with one attached hydrogen (secondary N) is 1. The van der Waals surface area contributed by atoms with Crippen LogP contribution in [0.5, 0.6) is 11.5 Å². The number of amides is 1. The maximum absolute atomic E-state index is 12.2. The van der Waals surface area contributed by atoms with Crippen molar-refractivity contribution in [3.8, 4) is 11.5 Å². The predicted octanol–water partition coefficient (Wildman–Crippen LogP) is 4.46. The van der Waals surface area contributed by atoms with Crippen LogP contribution in [0.15, 0.2) is 40.2 Å². The van der Waals surface area contributed by atoms with E-state index < -0.39 is 4.92 Å². The molecule has 1 aliphatic rings. The topological polar surface area (TPSA) is 114 Å². The molecule has 0 spiro atoms. The van der Waals surface area contributed by atoms with Crippen molar-refractivity contribution >= 4 is 74.5 Å². The number of thioether (sulfide) groups is 1. The third-order valence-electron chi connectivity index (χ3n) is 3.58. The fraction of sp³-hybridized carbons (Fsp3) is 0.0588. The molecule has 2 N–H and O–H groups in total. The lowest BCUT2D eigenvalue weighted by atomic mass is 10.2. The maximum atomic E-state index is 12.2. The van der Waals surface area contributed by atoms with Gasteiger partial charge in [0.1, 0.15) is 5.69 Å². The van der Waals surface area contributed by atoms with E-state index in [4.69, 9.17) is 16.3 Å². The Kier molecular flexibility index (Phi) is 6.10. The van der Waals surface area contributed by atoms with Crippen molar-refractivity contribution in [2.75, 3.05) is 7.11 Å². The second-order valence-electron chi connectivity index (χ2n) is 5.43. The summed E-state index contributed by atoms with van der Waals surface area (Å²) in [5, 5.41) is 24.1. The predicted molar refractivity (Wildman–Crippen MR) is 116 cm³/mol. The fourth-order valence-electron chi connectivity index (χ4n) is 2.31. The highest BCUT2D eigenvalue weighted by molar-refractivity contribution is 14.1. The molecule has 8 nitrogen and oxygen atoms in total. The zero-order valence-electron chi connectivity index (χ0n) is 14.1. The molecule has 0 radical (unpaired) electrons. The Morgan fingerprint density at radius 3 is 2.82 bits per heavy atom. The Bertz CT molecular complexity index is 1060. The molecule has 0 unspecified atom stereocenters. The first-order valence-corrected chi connectivity index (χ1v) is 9.86. The largest absolute Gasteiger partial charge is 0.504 e. The molecule has 1 amide bonds. The van der Waals surface area contributed by atoms with E-state index in [1.54, 1.807) is 18.2 Å². The van der Waals surface area contributed by atoms with Crippen molar-refractivity contribution in [1.82, 2.24) is 5.32 Å². The number of hydrogen-bond acceptors (Lipinski definition) is 7. The Morgan fingerprint density at radius 2 is 2.14 bits per heavy atom. The molecule has 144 valence electrons. The van der Waals surface area contributed by atoms with Crippen molar-refractivity contribution < 1.29 is 19.6 Å². The standard InChI is InChI=1S/C17H11ClIN3O5S/c1-27-13-5-8(4-10(19)15(13)23)6-14-16(24)21-17(28-14)20-11-3-2-9(18)7-12(11)22(25)26/h2-7,23H,1H3,(H,20,21,24)/b14-6+. The summed E-state index contributed by atoms with van der Waals surface area (Å²) in [5.74, 6) is -0.0821. The van der Waals surface area contributed by atoms with Gasteiger partial charge in [0.15, 0.2) is 16.7 Å². The fourth-order valence-corrected chi connectivity index (χ4v) is 3.94. The molecule has 0 atom stereocenters. The number of carbonyl (C=O) groups is 1. The Morgan fingerprint density at radius 1 is 1.39 bits per heavy atom.